The molecule has 0 radical (unpaired) electrons. The summed E-state index contributed by atoms with van der Waals surface area (Å²) < 4.78 is 19.7. The maximum absolute atomic E-state index is 14.1. The summed E-state index contributed by atoms with van der Waals surface area (Å²) >= 11 is 2.57. The predicted molar refractivity (Wildman–Crippen MR) is 174 cm³/mol. The van der Waals surface area contributed by atoms with E-state index in [1.165, 1.54) is 41.3 Å². The van der Waals surface area contributed by atoms with Gasteiger partial charge in [-0.05, 0) is 68.7 Å². The first kappa shape index (κ1) is 31.8. The Kier molecular flexibility index (Phi) is 9.56. The molecule has 3 aromatic carbocycles. The van der Waals surface area contributed by atoms with Crippen LogP contribution in [-0.2, 0) is 22.5 Å². The van der Waals surface area contributed by atoms with Gasteiger partial charge in [-0.15, -0.1) is 23.1 Å². The van der Waals surface area contributed by atoms with Crippen molar-refractivity contribution < 1.29 is 23.5 Å². The van der Waals surface area contributed by atoms with Gasteiger partial charge in [-0.25, -0.2) is 9.18 Å². The number of nitriles is 1. The molecule has 0 fully saturated rings. The highest BCUT2D eigenvalue weighted by atomic mass is 32.2. The van der Waals surface area contributed by atoms with Gasteiger partial charge in [0, 0.05) is 22.0 Å². The van der Waals surface area contributed by atoms with Crippen LogP contribution in [-0.4, -0.2) is 35.0 Å². The fraction of sp³-hybridized carbons (Fsp3) is 0.235. The number of benzene rings is 3. The van der Waals surface area contributed by atoms with Crippen LogP contribution < -0.4 is 10.6 Å². The van der Waals surface area contributed by atoms with Crippen molar-refractivity contribution in [3.05, 3.63) is 112 Å². The Morgan fingerprint density at radius 1 is 1.02 bits per heavy atom. The number of ether oxygens (including phenoxy) is 1. The molecule has 5 rings (SSSR count). The van der Waals surface area contributed by atoms with Crippen LogP contribution in [0.3, 0.4) is 0 Å². The highest BCUT2D eigenvalue weighted by Crippen LogP contribution is 2.41. The van der Waals surface area contributed by atoms with Gasteiger partial charge in [0.25, 0.3) is 5.91 Å². The van der Waals surface area contributed by atoms with Crippen LogP contribution >= 0.6 is 23.1 Å². The van der Waals surface area contributed by atoms with E-state index in [1.807, 2.05) is 57.2 Å². The maximum Gasteiger partial charge on any atom is 0.410 e. The van der Waals surface area contributed by atoms with Gasteiger partial charge in [-0.1, -0.05) is 48.5 Å². The Bertz CT molecular complexity index is 1780. The first-order valence-corrected chi connectivity index (χ1v) is 15.9. The summed E-state index contributed by atoms with van der Waals surface area (Å²) in [4.78, 5) is 42.4. The summed E-state index contributed by atoms with van der Waals surface area (Å²) in [5.41, 5.74) is 1.74. The lowest BCUT2D eigenvalue weighted by molar-refractivity contribution is -0.115. The third-order valence-corrected chi connectivity index (χ3v) is 9.24. The monoisotopic (exact) mass is 642 g/mol. The van der Waals surface area contributed by atoms with Crippen LogP contribution in [0.4, 0.5) is 19.9 Å². The summed E-state index contributed by atoms with van der Waals surface area (Å²) in [6.45, 7) is 6.14. The zero-order valence-electron chi connectivity index (χ0n) is 24.9. The lowest BCUT2D eigenvalue weighted by Gasteiger charge is -2.29. The van der Waals surface area contributed by atoms with Gasteiger partial charge in [0.2, 0.25) is 5.91 Å². The highest BCUT2D eigenvalue weighted by molar-refractivity contribution is 8.00. The third kappa shape index (κ3) is 7.71. The molecule has 230 valence electrons. The van der Waals surface area contributed by atoms with E-state index in [0.29, 0.717) is 40.7 Å². The van der Waals surface area contributed by atoms with Crippen molar-refractivity contribution in [1.29, 1.82) is 5.26 Å². The molecule has 2 heterocycles. The fourth-order valence-electron chi connectivity index (χ4n) is 4.80. The number of hydrogen-bond donors (Lipinski definition) is 2. The van der Waals surface area contributed by atoms with E-state index in [-0.39, 0.29) is 11.5 Å². The molecule has 8 nitrogen and oxygen atoms in total. The van der Waals surface area contributed by atoms with Crippen molar-refractivity contribution in [2.45, 2.75) is 49.5 Å². The van der Waals surface area contributed by atoms with Gasteiger partial charge in [-0.2, -0.15) is 5.26 Å². The molecular formula is C34H31FN4O4S2. The maximum atomic E-state index is 14.1. The Labute approximate surface area is 269 Å². The van der Waals surface area contributed by atoms with Crippen LogP contribution in [0.2, 0.25) is 0 Å². The Balaban J connectivity index is 1.36. The lowest BCUT2D eigenvalue weighted by atomic mass is 10.0. The molecule has 1 aromatic heterocycles. The summed E-state index contributed by atoms with van der Waals surface area (Å²) in [6, 6.07) is 24.2. The fourth-order valence-corrected chi connectivity index (χ4v) is 7.10. The second-order valence-electron chi connectivity index (χ2n) is 11.3. The van der Waals surface area contributed by atoms with Gasteiger partial charge in [0.05, 0.1) is 17.7 Å². The molecule has 1 aliphatic heterocycles. The second-order valence-corrected chi connectivity index (χ2v) is 13.6. The molecule has 0 saturated heterocycles. The normalized spacial score (nSPS) is 13.3. The molecule has 1 unspecified atom stereocenters. The zero-order valence-corrected chi connectivity index (χ0v) is 26.6. The van der Waals surface area contributed by atoms with Crippen molar-refractivity contribution in [2.75, 3.05) is 17.2 Å². The van der Waals surface area contributed by atoms with E-state index in [0.717, 1.165) is 16.0 Å². The summed E-state index contributed by atoms with van der Waals surface area (Å²) in [7, 11) is 0. The first-order chi connectivity index (χ1) is 21.5. The van der Waals surface area contributed by atoms with E-state index in [4.69, 9.17) is 4.74 Å². The molecule has 0 spiro atoms. The first-order valence-electron chi connectivity index (χ1n) is 14.2. The van der Waals surface area contributed by atoms with Crippen molar-refractivity contribution in [1.82, 2.24) is 4.90 Å². The van der Waals surface area contributed by atoms with Crippen LogP contribution in [0.25, 0.3) is 0 Å². The van der Waals surface area contributed by atoms with Crippen LogP contribution in [0, 0.1) is 17.1 Å². The largest absolute Gasteiger partial charge is 0.444 e. The van der Waals surface area contributed by atoms with E-state index in [1.54, 1.807) is 29.2 Å². The van der Waals surface area contributed by atoms with Gasteiger partial charge in [-0.3, -0.25) is 9.59 Å². The quantitative estimate of drug-likeness (QED) is 0.199. The summed E-state index contributed by atoms with van der Waals surface area (Å²) in [5, 5.41) is 15.5. The van der Waals surface area contributed by atoms with Gasteiger partial charge in [0.15, 0.2) is 0 Å². The number of thioether (sulfide) groups is 1. The Morgan fingerprint density at radius 2 is 1.76 bits per heavy atom. The van der Waals surface area contributed by atoms with E-state index in [9.17, 15) is 24.0 Å². The van der Waals surface area contributed by atoms with Crippen LogP contribution in [0.1, 0.15) is 57.9 Å². The number of rotatable bonds is 7. The standard InChI is InChI=1S/C34H31FN4O4S2/c1-34(2,3)43-33(42)39-17-16-24-26(19-36)32(45-28(24)20-39)38-31(41)29(21-10-5-4-6-11-21)44-23-13-9-12-22(18-23)37-30(40)25-14-7-8-15-27(25)35/h4-15,18,29H,16-17,20H2,1-3H3,(H,37,40)(H,38,41). The minimum absolute atomic E-state index is 0.0711. The topological polar surface area (TPSA) is 112 Å². The number of carbonyl (C=O) groups excluding carboxylic acids is 3. The SMILES string of the molecule is CC(C)(C)OC(=O)N1CCc2c(sc(NC(=O)C(Sc3cccc(NC(=O)c4ccccc4F)c3)c3ccccc3)c2C#N)C1. The van der Waals surface area contributed by atoms with Gasteiger partial charge >= 0.3 is 6.09 Å². The molecule has 1 aliphatic rings. The molecule has 3 amide bonds. The molecule has 45 heavy (non-hydrogen) atoms. The smallest absolute Gasteiger partial charge is 0.410 e. The van der Waals surface area contributed by atoms with Crippen molar-refractivity contribution >= 4 is 51.7 Å². The minimum Gasteiger partial charge on any atom is -0.444 e. The van der Waals surface area contributed by atoms with E-state index < -0.39 is 28.7 Å². The summed E-state index contributed by atoms with van der Waals surface area (Å²) in [5.74, 6) is -1.53. The molecule has 0 bridgehead atoms. The molecular weight excluding hydrogens is 612 g/mol. The lowest BCUT2D eigenvalue weighted by Crippen LogP contribution is -2.39. The average molecular weight is 643 g/mol. The Hall–Kier alpha value is -4.66. The zero-order chi connectivity index (χ0) is 32.1. The number of fused-ring (bicyclic) bond motifs is 1. The van der Waals surface area contributed by atoms with Crippen LogP contribution in [0.15, 0.2) is 83.8 Å². The second kappa shape index (κ2) is 13.5. The van der Waals surface area contributed by atoms with Crippen molar-refractivity contribution in [2.24, 2.45) is 0 Å². The minimum atomic E-state index is -0.701. The molecule has 4 aromatic rings. The van der Waals surface area contributed by atoms with Gasteiger partial charge < -0.3 is 20.3 Å². The van der Waals surface area contributed by atoms with Crippen molar-refractivity contribution in [3.8, 4) is 6.07 Å². The molecule has 1 atom stereocenters. The number of amides is 3. The molecule has 0 aliphatic carbocycles. The average Bonchev–Trinajstić information content (AvgIpc) is 3.35. The van der Waals surface area contributed by atoms with E-state index >= 15 is 0 Å². The molecule has 2 N–H and O–H groups in total. The van der Waals surface area contributed by atoms with Gasteiger partial charge in [0.1, 0.15) is 27.7 Å². The summed E-state index contributed by atoms with van der Waals surface area (Å²) in [6.07, 6.45) is 0.0602. The van der Waals surface area contributed by atoms with Crippen LogP contribution in [0.5, 0.6) is 0 Å². The van der Waals surface area contributed by atoms with Crippen molar-refractivity contribution in [3.63, 3.8) is 0 Å². The molecule has 11 heteroatoms. The predicted octanol–water partition coefficient (Wildman–Crippen LogP) is 7.78. The number of nitrogens with zero attached hydrogens (tertiary/aromatic N) is 2. The number of nitrogens with one attached hydrogen (secondary N) is 2. The number of anilines is 2. The molecule has 0 saturated carbocycles. The number of hydrogen-bond acceptors (Lipinski definition) is 7. The number of carbonyl (C=O) groups is 3. The number of thiophene rings is 1. The number of halogens is 1. The Morgan fingerprint density at radius 3 is 2.47 bits per heavy atom. The highest BCUT2D eigenvalue weighted by Gasteiger charge is 2.31. The third-order valence-electron chi connectivity index (χ3n) is 6.86. The van der Waals surface area contributed by atoms with E-state index in [2.05, 4.69) is 16.7 Å².